The maximum absolute atomic E-state index is 12.3. The summed E-state index contributed by atoms with van der Waals surface area (Å²) in [6.07, 6.45) is 9.86. The molecule has 2 heterocycles. The van der Waals surface area contributed by atoms with Crippen molar-refractivity contribution in [1.82, 2.24) is 0 Å². The van der Waals surface area contributed by atoms with E-state index in [9.17, 15) is 9.59 Å². The van der Waals surface area contributed by atoms with Crippen LogP contribution in [0.3, 0.4) is 0 Å². The van der Waals surface area contributed by atoms with Gasteiger partial charge in [0.15, 0.2) is 0 Å². The minimum Gasteiger partial charge on any atom is -0.462 e. The molecule has 2 aliphatic heterocycles. The Hall–Kier alpha value is -1.14. The van der Waals surface area contributed by atoms with Gasteiger partial charge in [0.2, 0.25) is 0 Å². The molecule has 5 aliphatic carbocycles. The molecule has 4 bridgehead atoms. The van der Waals surface area contributed by atoms with E-state index >= 15 is 0 Å². The second-order valence-electron chi connectivity index (χ2n) is 10.7. The molecule has 5 saturated carbocycles. The van der Waals surface area contributed by atoms with E-state index in [-0.39, 0.29) is 24.1 Å². The van der Waals surface area contributed by atoms with Crippen molar-refractivity contribution < 1.29 is 28.5 Å². The lowest BCUT2D eigenvalue weighted by Gasteiger charge is -2.32. The molecule has 2 saturated heterocycles. The Labute approximate surface area is 171 Å². The van der Waals surface area contributed by atoms with Gasteiger partial charge in [-0.1, -0.05) is 0 Å². The number of rotatable bonds is 7. The first-order chi connectivity index (χ1) is 14.2. The zero-order valence-corrected chi connectivity index (χ0v) is 16.7. The van der Waals surface area contributed by atoms with Crippen LogP contribution >= 0.6 is 0 Å². The molecule has 29 heavy (non-hydrogen) atoms. The SMILES string of the molecule is O=C(CCCCC(=O)OC1CC2CC1C1OC21)OC1CC2CC1C1CC3OC3C21. The second-order valence-corrected chi connectivity index (χ2v) is 10.7. The first kappa shape index (κ1) is 17.5. The highest BCUT2D eigenvalue weighted by atomic mass is 16.6. The molecule has 12 unspecified atom stereocenters. The minimum atomic E-state index is -0.116. The first-order valence-corrected chi connectivity index (χ1v) is 11.9. The number of fused-ring (bicyclic) bond motifs is 12. The van der Waals surface area contributed by atoms with Crippen molar-refractivity contribution in [3.05, 3.63) is 0 Å². The lowest BCUT2D eigenvalue weighted by Crippen LogP contribution is -2.34. The van der Waals surface area contributed by atoms with Gasteiger partial charge in [-0.25, -0.2) is 0 Å². The monoisotopic (exact) mass is 402 g/mol. The molecular formula is C23H30O6. The minimum absolute atomic E-state index is 0.0647. The number of hydrogen-bond acceptors (Lipinski definition) is 6. The van der Waals surface area contributed by atoms with Gasteiger partial charge < -0.3 is 18.9 Å². The molecule has 7 fully saturated rings. The van der Waals surface area contributed by atoms with Gasteiger partial charge in [0.05, 0.1) is 24.4 Å². The third-order valence-corrected chi connectivity index (χ3v) is 9.29. The van der Waals surface area contributed by atoms with Gasteiger partial charge in [0.1, 0.15) is 12.2 Å². The summed E-state index contributed by atoms with van der Waals surface area (Å²) in [7, 11) is 0. The summed E-state index contributed by atoms with van der Waals surface area (Å²) >= 11 is 0. The van der Waals surface area contributed by atoms with Crippen molar-refractivity contribution >= 4 is 11.9 Å². The number of carbonyl (C=O) groups excluding carboxylic acids is 2. The van der Waals surface area contributed by atoms with Gasteiger partial charge in [-0.2, -0.15) is 0 Å². The fourth-order valence-electron chi connectivity index (χ4n) is 8.08. The Morgan fingerprint density at radius 3 is 2.10 bits per heavy atom. The molecule has 7 aliphatic rings. The van der Waals surface area contributed by atoms with Crippen molar-refractivity contribution in [2.24, 2.45) is 35.5 Å². The van der Waals surface area contributed by atoms with Crippen LogP contribution in [0.1, 0.15) is 57.8 Å². The summed E-state index contributed by atoms with van der Waals surface area (Å²) in [5, 5.41) is 0. The Morgan fingerprint density at radius 1 is 0.690 bits per heavy atom. The van der Waals surface area contributed by atoms with Crippen molar-refractivity contribution in [2.45, 2.75) is 94.4 Å². The highest BCUT2D eigenvalue weighted by molar-refractivity contribution is 5.71. The summed E-state index contributed by atoms with van der Waals surface area (Å²) < 4.78 is 22.9. The summed E-state index contributed by atoms with van der Waals surface area (Å²) in [6, 6.07) is 0. The van der Waals surface area contributed by atoms with Gasteiger partial charge in [0, 0.05) is 18.8 Å². The van der Waals surface area contributed by atoms with Gasteiger partial charge in [-0.05, 0) is 74.5 Å². The van der Waals surface area contributed by atoms with Crippen LogP contribution in [0.25, 0.3) is 0 Å². The average Bonchev–Trinajstić information content (AvgIpc) is 3.37. The normalized spacial score (nSPS) is 54.1. The molecule has 0 aromatic heterocycles. The van der Waals surface area contributed by atoms with Crippen LogP contribution in [0.5, 0.6) is 0 Å². The van der Waals surface area contributed by atoms with Crippen molar-refractivity contribution in [2.75, 3.05) is 0 Å². The van der Waals surface area contributed by atoms with Gasteiger partial charge in [-0.3, -0.25) is 9.59 Å². The fourth-order valence-corrected chi connectivity index (χ4v) is 8.08. The quantitative estimate of drug-likeness (QED) is 0.370. The van der Waals surface area contributed by atoms with E-state index in [4.69, 9.17) is 18.9 Å². The Balaban J connectivity index is 0.818. The predicted octanol–water partition coefficient (Wildman–Crippen LogP) is 2.62. The number of unbranched alkanes of at least 4 members (excludes halogenated alkanes) is 1. The van der Waals surface area contributed by atoms with E-state index in [1.165, 1.54) is 12.8 Å². The molecule has 0 spiro atoms. The smallest absolute Gasteiger partial charge is 0.306 e. The first-order valence-electron chi connectivity index (χ1n) is 11.9. The van der Waals surface area contributed by atoms with Crippen molar-refractivity contribution in [1.29, 1.82) is 0 Å². The van der Waals surface area contributed by atoms with Crippen LogP contribution in [0.2, 0.25) is 0 Å². The Bertz CT molecular complexity index is 737. The number of carbonyl (C=O) groups is 2. The van der Waals surface area contributed by atoms with Crippen LogP contribution in [0.4, 0.5) is 0 Å². The topological polar surface area (TPSA) is 77.7 Å². The highest BCUT2D eigenvalue weighted by Crippen LogP contribution is 2.64. The number of epoxide rings is 2. The molecular weight excluding hydrogens is 372 g/mol. The second kappa shape index (κ2) is 6.19. The van der Waals surface area contributed by atoms with Crippen LogP contribution in [-0.2, 0) is 28.5 Å². The largest absolute Gasteiger partial charge is 0.462 e. The lowest BCUT2D eigenvalue weighted by molar-refractivity contribution is -0.155. The van der Waals surface area contributed by atoms with Gasteiger partial charge in [0.25, 0.3) is 0 Å². The van der Waals surface area contributed by atoms with Crippen LogP contribution in [-0.4, -0.2) is 48.6 Å². The number of esters is 2. The zero-order chi connectivity index (χ0) is 19.3. The summed E-state index contributed by atoms with van der Waals surface area (Å²) in [5.74, 6) is 3.59. The highest BCUT2D eigenvalue weighted by Gasteiger charge is 2.67. The van der Waals surface area contributed by atoms with Crippen molar-refractivity contribution in [3.63, 3.8) is 0 Å². The molecule has 0 aromatic rings. The van der Waals surface area contributed by atoms with Gasteiger partial charge >= 0.3 is 11.9 Å². The molecule has 6 nitrogen and oxygen atoms in total. The van der Waals surface area contributed by atoms with Crippen molar-refractivity contribution in [3.8, 4) is 0 Å². The molecule has 0 amide bonds. The standard InChI is InChI=1S/C23H30O6/c24-18(26-15-7-10-5-12(15)13-9-17-23(28-17)20(10)13)3-1-2-4-19(25)27-16-8-11-6-14(16)22-21(11)29-22/h10-17,20-23H,1-9H2. The van der Waals surface area contributed by atoms with Crippen LogP contribution in [0, 0.1) is 35.5 Å². The maximum atomic E-state index is 12.3. The molecule has 7 rings (SSSR count). The van der Waals surface area contributed by atoms with E-state index in [2.05, 4.69) is 0 Å². The van der Waals surface area contributed by atoms with E-state index in [0.717, 1.165) is 31.1 Å². The predicted molar refractivity (Wildman–Crippen MR) is 99.6 cm³/mol. The summed E-state index contributed by atoms with van der Waals surface area (Å²) in [5.41, 5.74) is 0. The molecule has 158 valence electrons. The van der Waals surface area contributed by atoms with E-state index in [1.807, 2.05) is 0 Å². The number of hydrogen-bond donors (Lipinski definition) is 0. The van der Waals surface area contributed by atoms with Crippen LogP contribution < -0.4 is 0 Å². The van der Waals surface area contributed by atoms with Gasteiger partial charge in [-0.15, -0.1) is 0 Å². The third kappa shape index (κ3) is 2.74. The summed E-state index contributed by atoms with van der Waals surface area (Å²) in [6.45, 7) is 0. The fraction of sp³-hybridized carbons (Fsp3) is 0.913. The lowest BCUT2D eigenvalue weighted by atomic mass is 9.79. The zero-order valence-electron chi connectivity index (χ0n) is 16.7. The third-order valence-electron chi connectivity index (χ3n) is 9.29. The molecule has 0 aromatic carbocycles. The summed E-state index contributed by atoms with van der Waals surface area (Å²) in [4.78, 5) is 24.5. The molecule has 0 N–H and O–H groups in total. The number of ether oxygens (including phenoxy) is 4. The molecule has 0 radical (unpaired) electrons. The Morgan fingerprint density at radius 2 is 1.38 bits per heavy atom. The molecule has 12 atom stereocenters. The van der Waals surface area contributed by atoms with Crippen LogP contribution in [0.15, 0.2) is 0 Å². The van der Waals surface area contributed by atoms with E-state index < -0.39 is 0 Å². The van der Waals surface area contributed by atoms with E-state index in [0.29, 0.717) is 73.8 Å². The Kier molecular flexibility index (Phi) is 3.74. The molecule has 6 heteroatoms. The maximum Gasteiger partial charge on any atom is 0.306 e. The average molecular weight is 402 g/mol. The van der Waals surface area contributed by atoms with E-state index in [1.54, 1.807) is 0 Å².